The number of nitrogens with zero attached hydrogens (tertiary/aromatic N) is 1. The molecule has 90 valence electrons. The Morgan fingerprint density at radius 1 is 1.25 bits per heavy atom. The Bertz CT molecular complexity index is 292. The van der Waals surface area contributed by atoms with Gasteiger partial charge >= 0.3 is 0 Å². The molecule has 1 aliphatic heterocycles. The molecule has 1 aliphatic carbocycles. The fourth-order valence-corrected chi connectivity index (χ4v) is 2.58. The lowest BCUT2D eigenvalue weighted by Crippen LogP contribution is -2.51. The number of piperidine rings is 1. The highest BCUT2D eigenvalue weighted by atomic mass is 16.2. The molecule has 2 bridgehead atoms. The minimum Gasteiger partial charge on any atom is -0.326 e. The smallest absolute Gasteiger partial charge is 0.232 e. The maximum absolute atomic E-state index is 12.0. The van der Waals surface area contributed by atoms with Crippen molar-refractivity contribution < 1.29 is 9.59 Å². The van der Waals surface area contributed by atoms with E-state index in [0.717, 1.165) is 19.3 Å². The first-order valence-electron chi connectivity index (χ1n) is 6.11. The molecule has 1 saturated heterocycles. The third-order valence-corrected chi connectivity index (χ3v) is 3.91. The lowest BCUT2D eigenvalue weighted by Gasteiger charge is -2.32. The van der Waals surface area contributed by atoms with Crippen molar-refractivity contribution >= 4 is 11.8 Å². The highest BCUT2D eigenvalue weighted by molar-refractivity contribution is 6.00. The standard InChI is InChI=1S/C12H20N2O2/c1-7(2)10(13)6-14-11(15)8-3-4-9(5-8)12(14)16/h7-10H,3-6,13H2,1-2H3. The number of carbonyl (C=O) groups excluding carboxylic acids is 2. The van der Waals surface area contributed by atoms with Gasteiger partial charge in [0.25, 0.3) is 0 Å². The van der Waals surface area contributed by atoms with Gasteiger partial charge in [0, 0.05) is 24.4 Å². The van der Waals surface area contributed by atoms with E-state index in [-0.39, 0.29) is 29.7 Å². The minimum absolute atomic E-state index is 0.00912. The quantitative estimate of drug-likeness (QED) is 0.720. The summed E-state index contributed by atoms with van der Waals surface area (Å²) in [6.45, 7) is 4.42. The number of nitrogens with two attached hydrogens (primary N) is 1. The molecule has 3 atom stereocenters. The van der Waals surface area contributed by atoms with Crippen molar-refractivity contribution in [3.8, 4) is 0 Å². The molecule has 2 N–H and O–H groups in total. The topological polar surface area (TPSA) is 63.4 Å². The van der Waals surface area contributed by atoms with Gasteiger partial charge in [0.15, 0.2) is 0 Å². The summed E-state index contributed by atoms with van der Waals surface area (Å²) < 4.78 is 0. The number of carbonyl (C=O) groups is 2. The van der Waals surface area contributed by atoms with E-state index in [9.17, 15) is 9.59 Å². The molecule has 0 aromatic carbocycles. The number of imide groups is 1. The molecule has 2 rings (SSSR count). The Balaban J connectivity index is 2.08. The van der Waals surface area contributed by atoms with Crippen LogP contribution in [0.5, 0.6) is 0 Å². The monoisotopic (exact) mass is 224 g/mol. The van der Waals surface area contributed by atoms with Gasteiger partial charge in [-0.3, -0.25) is 14.5 Å². The van der Waals surface area contributed by atoms with Crippen LogP contribution in [-0.4, -0.2) is 29.3 Å². The average Bonchev–Trinajstić information content (AvgIpc) is 2.68. The van der Waals surface area contributed by atoms with E-state index in [0.29, 0.717) is 12.5 Å². The largest absolute Gasteiger partial charge is 0.326 e. The van der Waals surface area contributed by atoms with Crippen LogP contribution in [-0.2, 0) is 9.59 Å². The molecular formula is C12H20N2O2. The van der Waals surface area contributed by atoms with Crippen LogP contribution in [0.4, 0.5) is 0 Å². The predicted octanol–water partition coefficient (Wildman–Crippen LogP) is 0.755. The van der Waals surface area contributed by atoms with Crippen molar-refractivity contribution in [1.29, 1.82) is 0 Å². The van der Waals surface area contributed by atoms with Crippen molar-refractivity contribution in [2.75, 3.05) is 6.54 Å². The molecule has 2 aliphatic rings. The third kappa shape index (κ3) is 1.86. The summed E-state index contributed by atoms with van der Waals surface area (Å²) in [6, 6.07) is -0.106. The van der Waals surface area contributed by atoms with Crippen LogP contribution in [0.2, 0.25) is 0 Å². The molecule has 0 spiro atoms. The Hall–Kier alpha value is -0.900. The molecule has 1 heterocycles. The summed E-state index contributed by atoms with van der Waals surface area (Å²) in [5.41, 5.74) is 5.94. The highest BCUT2D eigenvalue weighted by Crippen LogP contribution is 2.38. The first-order chi connectivity index (χ1) is 7.50. The number of hydrogen-bond donors (Lipinski definition) is 1. The lowest BCUT2D eigenvalue weighted by molar-refractivity contribution is -0.153. The van der Waals surface area contributed by atoms with Gasteiger partial charge in [-0.1, -0.05) is 13.8 Å². The number of rotatable bonds is 3. The fraction of sp³-hybridized carbons (Fsp3) is 0.833. The molecular weight excluding hydrogens is 204 g/mol. The van der Waals surface area contributed by atoms with E-state index in [1.54, 1.807) is 0 Å². The van der Waals surface area contributed by atoms with Crippen LogP contribution >= 0.6 is 0 Å². The molecule has 4 nitrogen and oxygen atoms in total. The van der Waals surface area contributed by atoms with E-state index in [1.165, 1.54) is 4.90 Å². The van der Waals surface area contributed by atoms with Crippen molar-refractivity contribution in [2.24, 2.45) is 23.5 Å². The van der Waals surface area contributed by atoms with Gasteiger partial charge in [-0.05, 0) is 25.2 Å². The molecule has 1 saturated carbocycles. The predicted molar refractivity (Wildman–Crippen MR) is 60.4 cm³/mol. The normalized spacial score (nSPS) is 31.4. The van der Waals surface area contributed by atoms with Crippen molar-refractivity contribution in [3.05, 3.63) is 0 Å². The van der Waals surface area contributed by atoms with Crippen LogP contribution in [0.25, 0.3) is 0 Å². The molecule has 0 aromatic rings. The zero-order valence-electron chi connectivity index (χ0n) is 9.98. The zero-order chi connectivity index (χ0) is 11.9. The minimum atomic E-state index is -0.106. The first kappa shape index (κ1) is 11.6. The first-order valence-corrected chi connectivity index (χ1v) is 6.11. The van der Waals surface area contributed by atoms with Crippen molar-refractivity contribution in [2.45, 2.75) is 39.2 Å². The van der Waals surface area contributed by atoms with E-state index < -0.39 is 0 Å². The molecule has 16 heavy (non-hydrogen) atoms. The SMILES string of the molecule is CC(C)C(N)CN1C(=O)C2CCC(C2)C1=O. The summed E-state index contributed by atoms with van der Waals surface area (Å²) in [5.74, 6) is 0.481. The van der Waals surface area contributed by atoms with Crippen molar-refractivity contribution in [3.63, 3.8) is 0 Å². The van der Waals surface area contributed by atoms with Gasteiger partial charge in [0.2, 0.25) is 11.8 Å². The van der Waals surface area contributed by atoms with Crippen LogP contribution in [0.15, 0.2) is 0 Å². The van der Waals surface area contributed by atoms with Gasteiger partial charge in [0.1, 0.15) is 0 Å². The fourth-order valence-electron chi connectivity index (χ4n) is 2.58. The summed E-state index contributed by atoms with van der Waals surface area (Å²) in [6.07, 6.45) is 2.52. The highest BCUT2D eigenvalue weighted by Gasteiger charge is 2.45. The van der Waals surface area contributed by atoms with E-state index >= 15 is 0 Å². The Morgan fingerprint density at radius 2 is 1.75 bits per heavy atom. The number of amides is 2. The Kier molecular flexibility index (Phi) is 3.02. The van der Waals surface area contributed by atoms with Crippen LogP contribution in [0.1, 0.15) is 33.1 Å². The zero-order valence-corrected chi connectivity index (χ0v) is 9.98. The summed E-state index contributed by atoms with van der Waals surface area (Å²) >= 11 is 0. The Morgan fingerprint density at radius 3 is 2.19 bits per heavy atom. The molecule has 0 radical (unpaired) electrons. The summed E-state index contributed by atoms with van der Waals surface area (Å²) in [4.78, 5) is 25.4. The van der Waals surface area contributed by atoms with Crippen molar-refractivity contribution in [1.82, 2.24) is 4.90 Å². The number of hydrogen-bond acceptors (Lipinski definition) is 3. The number of likely N-dealkylation sites (tertiary alicyclic amines) is 1. The van der Waals surface area contributed by atoms with Gasteiger partial charge in [-0.15, -0.1) is 0 Å². The molecule has 2 amide bonds. The van der Waals surface area contributed by atoms with E-state index in [4.69, 9.17) is 5.73 Å². The lowest BCUT2D eigenvalue weighted by atomic mass is 9.95. The van der Waals surface area contributed by atoms with Crippen LogP contribution in [0.3, 0.4) is 0 Å². The second-order valence-corrected chi connectivity index (χ2v) is 5.40. The van der Waals surface area contributed by atoms with Crippen LogP contribution < -0.4 is 5.73 Å². The van der Waals surface area contributed by atoms with Gasteiger partial charge in [0.05, 0.1) is 0 Å². The second kappa shape index (κ2) is 4.17. The number of fused-ring (bicyclic) bond motifs is 2. The van der Waals surface area contributed by atoms with Crippen LogP contribution in [0, 0.1) is 17.8 Å². The molecule has 2 fully saturated rings. The van der Waals surface area contributed by atoms with Gasteiger partial charge in [-0.2, -0.15) is 0 Å². The van der Waals surface area contributed by atoms with E-state index in [2.05, 4.69) is 0 Å². The van der Waals surface area contributed by atoms with Gasteiger partial charge < -0.3 is 5.73 Å². The second-order valence-electron chi connectivity index (χ2n) is 5.40. The molecule has 4 heteroatoms. The maximum atomic E-state index is 12.0. The maximum Gasteiger partial charge on any atom is 0.232 e. The average molecular weight is 224 g/mol. The Labute approximate surface area is 96.2 Å². The van der Waals surface area contributed by atoms with E-state index in [1.807, 2.05) is 13.8 Å². The van der Waals surface area contributed by atoms with Gasteiger partial charge in [-0.25, -0.2) is 0 Å². The summed E-state index contributed by atoms with van der Waals surface area (Å²) in [5, 5.41) is 0. The third-order valence-electron chi connectivity index (χ3n) is 3.91. The summed E-state index contributed by atoms with van der Waals surface area (Å²) in [7, 11) is 0. The molecule has 0 aromatic heterocycles. The molecule has 3 unspecified atom stereocenters.